The lowest BCUT2D eigenvalue weighted by Crippen LogP contribution is -2.43. The molecule has 0 spiro atoms. The molecular formula is C14H18FN3O. The summed E-state index contributed by atoms with van der Waals surface area (Å²) in [6.45, 7) is 0. The number of carbonyl (C=O) groups is 1. The van der Waals surface area contributed by atoms with Crippen LogP contribution in [0.1, 0.15) is 36.0 Å². The number of amides is 1. The van der Waals surface area contributed by atoms with Crippen LogP contribution >= 0.6 is 0 Å². The molecular weight excluding hydrogens is 245 g/mol. The second-order valence-corrected chi connectivity index (χ2v) is 5.50. The van der Waals surface area contributed by atoms with Crippen LogP contribution in [0.5, 0.6) is 0 Å². The molecule has 2 saturated heterocycles. The highest BCUT2D eigenvalue weighted by molar-refractivity contribution is 5.98. The van der Waals surface area contributed by atoms with E-state index in [1.54, 1.807) is 6.07 Å². The molecule has 2 aliphatic rings. The van der Waals surface area contributed by atoms with Crippen LogP contribution in [0.2, 0.25) is 0 Å². The number of nitrogens with two attached hydrogens (primary N) is 1. The van der Waals surface area contributed by atoms with E-state index in [9.17, 15) is 9.18 Å². The molecule has 0 aromatic heterocycles. The molecule has 2 unspecified atom stereocenters. The van der Waals surface area contributed by atoms with Crippen molar-refractivity contribution in [3.8, 4) is 0 Å². The molecule has 4 N–H and O–H groups in total. The fourth-order valence-corrected chi connectivity index (χ4v) is 3.24. The average molecular weight is 263 g/mol. The number of hydrogen-bond acceptors (Lipinski definition) is 3. The summed E-state index contributed by atoms with van der Waals surface area (Å²) in [5, 5.41) is 6.91. The van der Waals surface area contributed by atoms with Gasteiger partial charge >= 0.3 is 0 Å². The van der Waals surface area contributed by atoms with Gasteiger partial charge in [0.25, 0.3) is 5.91 Å². The summed E-state index contributed by atoms with van der Waals surface area (Å²) >= 11 is 0. The monoisotopic (exact) mass is 263 g/mol. The van der Waals surface area contributed by atoms with Gasteiger partial charge in [0.2, 0.25) is 0 Å². The first-order chi connectivity index (χ1) is 9.11. The van der Waals surface area contributed by atoms with Crippen molar-refractivity contribution in [3.63, 3.8) is 0 Å². The van der Waals surface area contributed by atoms with Gasteiger partial charge in [0.1, 0.15) is 5.82 Å². The Bertz CT molecular complexity index is 493. The quantitative estimate of drug-likeness (QED) is 0.776. The number of carbonyl (C=O) groups excluding carboxylic acids is 1. The lowest BCUT2D eigenvalue weighted by atomic mass is 9.99. The summed E-state index contributed by atoms with van der Waals surface area (Å²) in [6, 6.07) is 5.59. The molecule has 2 bridgehead atoms. The van der Waals surface area contributed by atoms with Gasteiger partial charge < -0.3 is 16.4 Å². The van der Waals surface area contributed by atoms with Crippen LogP contribution in [0.3, 0.4) is 0 Å². The van der Waals surface area contributed by atoms with E-state index in [2.05, 4.69) is 10.6 Å². The number of rotatable bonds is 3. The van der Waals surface area contributed by atoms with Crippen LogP contribution in [0.4, 0.5) is 10.1 Å². The summed E-state index contributed by atoms with van der Waals surface area (Å²) in [6.07, 6.45) is 4.50. The molecule has 2 aliphatic heterocycles. The highest BCUT2D eigenvalue weighted by Crippen LogP contribution is 2.29. The van der Waals surface area contributed by atoms with Gasteiger partial charge in [0, 0.05) is 23.8 Å². The largest absolute Gasteiger partial charge is 0.382 e. The first kappa shape index (κ1) is 12.4. The van der Waals surface area contributed by atoms with Crippen molar-refractivity contribution in [2.45, 2.75) is 43.8 Å². The van der Waals surface area contributed by atoms with E-state index in [1.165, 1.54) is 25.0 Å². The fourth-order valence-electron chi connectivity index (χ4n) is 3.24. The third-order valence-corrected chi connectivity index (χ3v) is 4.08. The lowest BCUT2D eigenvalue weighted by molar-refractivity contribution is 0.100. The Kier molecular flexibility index (Phi) is 3.14. The number of anilines is 1. The van der Waals surface area contributed by atoms with Crippen LogP contribution in [0.25, 0.3) is 0 Å². The highest BCUT2D eigenvalue weighted by Gasteiger charge is 2.33. The third-order valence-electron chi connectivity index (χ3n) is 4.08. The Morgan fingerprint density at radius 3 is 2.63 bits per heavy atom. The zero-order valence-corrected chi connectivity index (χ0v) is 10.7. The van der Waals surface area contributed by atoms with Crippen molar-refractivity contribution < 1.29 is 9.18 Å². The normalized spacial score (nSPS) is 29.2. The summed E-state index contributed by atoms with van der Waals surface area (Å²) in [4.78, 5) is 11.4. The number of fused-ring (bicyclic) bond motifs is 2. The molecule has 1 amide bonds. The maximum absolute atomic E-state index is 13.2. The Labute approximate surface area is 111 Å². The van der Waals surface area contributed by atoms with E-state index >= 15 is 0 Å². The number of primary amides is 1. The Hall–Kier alpha value is -1.62. The fraction of sp³-hybridized carbons (Fsp3) is 0.500. The maximum Gasteiger partial charge on any atom is 0.250 e. The van der Waals surface area contributed by atoms with E-state index in [0.29, 0.717) is 23.8 Å². The maximum atomic E-state index is 13.2. The van der Waals surface area contributed by atoms with Crippen LogP contribution in [-0.4, -0.2) is 24.0 Å². The van der Waals surface area contributed by atoms with E-state index in [1.807, 2.05) is 0 Å². The second-order valence-electron chi connectivity index (χ2n) is 5.50. The number of halogens is 1. The summed E-state index contributed by atoms with van der Waals surface area (Å²) in [7, 11) is 0. The number of hydrogen-bond donors (Lipinski definition) is 3. The predicted molar refractivity (Wildman–Crippen MR) is 71.5 cm³/mol. The van der Waals surface area contributed by atoms with Gasteiger partial charge in [-0.2, -0.15) is 0 Å². The zero-order valence-electron chi connectivity index (χ0n) is 10.7. The minimum Gasteiger partial charge on any atom is -0.382 e. The highest BCUT2D eigenvalue weighted by atomic mass is 19.1. The van der Waals surface area contributed by atoms with E-state index in [0.717, 1.165) is 12.8 Å². The minimum atomic E-state index is -0.598. The zero-order chi connectivity index (χ0) is 13.4. The van der Waals surface area contributed by atoms with Crippen molar-refractivity contribution in [3.05, 3.63) is 29.6 Å². The van der Waals surface area contributed by atoms with E-state index < -0.39 is 11.7 Å². The Balaban J connectivity index is 1.78. The van der Waals surface area contributed by atoms with Gasteiger partial charge in [0.15, 0.2) is 0 Å². The Morgan fingerprint density at radius 1 is 1.32 bits per heavy atom. The van der Waals surface area contributed by atoms with Gasteiger partial charge in [-0.25, -0.2) is 4.39 Å². The van der Waals surface area contributed by atoms with Crippen molar-refractivity contribution in [2.75, 3.05) is 5.32 Å². The summed E-state index contributed by atoms with van der Waals surface area (Å²) < 4.78 is 13.2. The molecule has 5 heteroatoms. The SMILES string of the molecule is NC(=O)c1cc(F)ccc1NC1CC2CCC(C1)N2. The van der Waals surface area contributed by atoms with Crippen molar-refractivity contribution >= 4 is 11.6 Å². The minimum absolute atomic E-state index is 0.228. The van der Waals surface area contributed by atoms with Crippen LogP contribution in [-0.2, 0) is 0 Å². The average Bonchev–Trinajstić information content (AvgIpc) is 2.71. The molecule has 4 nitrogen and oxygen atoms in total. The van der Waals surface area contributed by atoms with Gasteiger partial charge in [-0.15, -0.1) is 0 Å². The molecule has 1 aromatic rings. The first-order valence-corrected chi connectivity index (χ1v) is 6.74. The van der Waals surface area contributed by atoms with Crippen molar-refractivity contribution in [1.82, 2.24) is 5.32 Å². The van der Waals surface area contributed by atoms with Gasteiger partial charge in [-0.05, 0) is 43.9 Å². The molecule has 3 rings (SSSR count). The summed E-state index contributed by atoms with van der Waals surface area (Å²) in [5.41, 5.74) is 6.16. The molecule has 0 aliphatic carbocycles. The molecule has 2 heterocycles. The van der Waals surface area contributed by atoms with Crippen molar-refractivity contribution in [1.29, 1.82) is 0 Å². The van der Waals surface area contributed by atoms with Gasteiger partial charge in [-0.3, -0.25) is 4.79 Å². The van der Waals surface area contributed by atoms with Gasteiger partial charge in [0.05, 0.1) is 5.56 Å². The van der Waals surface area contributed by atoms with Crippen LogP contribution in [0, 0.1) is 5.82 Å². The first-order valence-electron chi connectivity index (χ1n) is 6.74. The molecule has 0 saturated carbocycles. The van der Waals surface area contributed by atoms with E-state index in [-0.39, 0.29) is 5.56 Å². The molecule has 0 radical (unpaired) electrons. The third kappa shape index (κ3) is 2.56. The van der Waals surface area contributed by atoms with Gasteiger partial charge in [-0.1, -0.05) is 0 Å². The van der Waals surface area contributed by atoms with E-state index in [4.69, 9.17) is 5.73 Å². The van der Waals surface area contributed by atoms with Crippen LogP contribution < -0.4 is 16.4 Å². The van der Waals surface area contributed by atoms with Crippen LogP contribution in [0.15, 0.2) is 18.2 Å². The lowest BCUT2D eigenvalue weighted by Gasteiger charge is -2.30. The standard InChI is InChI=1S/C14H18FN3O/c15-8-1-4-13(12(5-8)14(16)19)18-11-6-9-2-3-10(7-11)17-9/h1,4-5,9-11,17-18H,2-3,6-7H2,(H2,16,19). The number of nitrogens with one attached hydrogen (secondary N) is 2. The summed E-state index contributed by atoms with van der Waals surface area (Å²) in [5.74, 6) is -1.04. The number of benzene rings is 1. The molecule has 19 heavy (non-hydrogen) atoms. The molecule has 102 valence electrons. The molecule has 2 atom stereocenters. The van der Waals surface area contributed by atoms with Crippen molar-refractivity contribution in [2.24, 2.45) is 5.73 Å². The second kappa shape index (κ2) is 4.81. The Morgan fingerprint density at radius 2 is 2.00 bits per heavy atom. The predicted octanol–water partition coefficient (Wildman–Crippen LogP) is 1.62. The molecule has 2 fully saturated rings. The topological polar surface area (TPSA) is 67.2 Å². The number of piperidine rings is 1. The molecule has 1 aromatic carbocycles. The smallest absolute Gasteiger partial charge is 0.250 e.